The number of hydrogen-bond acceptors (Lipinski definition) is 5. The molecule has 8 heteroatoms. The number of piperidine rings is 1. The second-order valence-electron chi connectivity index (χ2n) is 6.99. The molecular formula is C21H22N4O4. The van der Waals surface area contributed by atoms with Crippen molar-refractivity contribution in [1.82, 2.24) is 19.4 Å². The minimum absolute atomic E-state index is 0.112. The Bertz CT molecular complexity index is 1140. The minimum atomic E-state index is -0.408. The van der Waals surface area contributed by atoms with E-state index in [1.807, 2.05) is 6.92 Å². The summed E-state index contributed by atoms with van der Waals surface area (Å²) in [5.74, 6) is 0.372. The van der Waals surface area contributed by atoms with Gasteiger partial charge >= 0.3 is 5.69 Å². The monoisotopic (exact) mass is 394 g/mol. The van der Waals surface area contributed by atoms with Crippen LogP contribution in [-0.2, 0) is 0 Å². The van der Waals surface area contributed by atoms with Crippen LogP contribution in [0.1, 0.15) is 36.2 Å². The van der Waals surface area contributed by atoms with E-state index < -0.39 is 5.69 Å². The van der Waals surface area contributed by atoms with Crippen molar-refractivity contribution in [3.63, 3.8) is 0 Å². The van der Waals surface area contributed by atoms with Gasteiger partial charge in [-0.3, -0.25) is 14.2 Å². The first kappa shape index (κ1) is 18.9. The molecule has 3 heterocycles. The van der Waals surface area contributed by atoms with E-state index >= 15 is 0 Å². The van der Waals surface area contributed by atoms with Gasteiger partial charge in [0, 0.05) is 31.4 Å². The van der Waals surface area contributed by atoms with Gasteiger partial charge in [-0.2, -0.15) is 0 Å². The van der Waals surface area contributed by atoms with Gasteiger partial charge in [-0.05, 0) is 38.0 Å². The number of pyridine rings is 1. The fourth-order valence-corrected chi connectivity index (χ4v) is 3.76. The molecule has 1 aromatic carbocycles. The second kappa shape index (κ2) is 7.90. The van der Waals surface area contributed by atoms with Crippen LogP contribution in [-0.4, -0.2) is 45.0 Å². The fraction of sp³-hybridized carbons (Fsp3) is 0.333. The van der Waals surface area contributed by atoms with Crippen molar-refractivity contribution in [2.24, 2.45) is 0 Å². The van der Waals surface area contributed by atoms with Gasteiger partial charge in [-0.15, -0.1) is 0 Å². The average molecular weight is 394 g/mol. The zero-order valence-electron chi connectivity index (χ0n) is 16.1. The van der Waals surface area contributed by atoms with Crippen LogP contribution < -0.4 is 16.0 Å². The van der Waals surface area contributed by atoms with Crippen molar-refractivity contribution in [1.29, 1.82) is 0 Å². The molecular weight excluding hydrogens is 372 g/mol. The lowest BCUT2D eigenvalue weighted by atomic mass is 10.0. The number of rotatable bonds is 4. The molecule has 4 rings (SSSR count). The van der Waals surface area contributed by atoms with Gasteiger partial charge < -0.3 is 14.6 Å². The molecule has 0 bridgehead atoms. The van der Waals surface area contributed by atoms with E-state index in [2.05, 4.69) is 9.97 Å². The predicted molar refractivity (Wildman–Crippen MR) is 108 cm³/mol. The lowest BCUT2D eigenvalue weighted by molar-refractivity contribution is 0.0691. The topological polar surface area (TPSA) is 97.3 Å². The number of benzene rings is 1. The van der Waals surface area contributed by atoms with E-state index in [1.165, 1.54) is 10.8 Å². The molecule has 29 heavy (non-hydrogen) atoms. The Morgan fingerprint density at radius 3 is 2.62 bits per heavy atom. The number of hydrogen-bond donors (Lipinski definition) is 1. The van der Waals surface area contributed by atoms with E-state index in [0.29, 0.717) is 54.9 Å². The number of amides is 1. The standard InChI is InChI=1S/C21H22N4O4/c1-2-29-18-8-7-14(13-22-18)19(26)24-11-9-15(10-12-24)25-20(27)16-5-3-4-6-17(16)23-21(25)28/h3-8,13,15H,2,9-12H2,1H3,(H,23,28). The smallest absolute Gasteiger partial charge is 0.329 e. The molecule has 0 radical (unpaired) electrons. The number of likely N-dealkylation sites (tertiary alicyclic amines) is 1. The molecule has 0 aliphatic carbocycles. The minimum Gasteiger partial charge on any atom is -0.478 e. The zero-order chi connectivity index (χ0) is 20.4. The van der Waals surface area contributed by atoms with Crippen LogP contribution in [0.15, 0.2) is 52.2 Å². The molecule has 2 aromatic heterocycles. The van der Waals surface area contributed by atoms with Crippen LogP contribution >= 0.6 is 0 Å². The summed E-state index contributed by atoms with van der Waals surface area (Å²) in [4.78, 5) is 46.7. The number of aromatic amines is 1. The van der Waals surface area contributed by atoms with Gasteiger partial charge in [-0.25, -0.2) is 9.78 Å². The van der Waals surface area contributed by atoms with E-state index in [4.69, 9.17) is 4.74 Å². The summed E-state index contributed by atoms with van der Waals surface area (Å²) in [6.45, 7) is 3.32. The largest absolute Gasteiger partial charge is 0.478 e. The Hall–Kier alpha value is -3.42. The lowest BCUT2D eigenvalue weighted by Crippen LogP contribution is -2.45. The third-order valence-electron chi connectivity index (χ3n) is 5.23. The summed E-state index contributed by atoms with van der Waals surface area (Å²) in [6, 6.07) is 10.1. The molecule has 1 amide bonds. The Morgan fingerprint density at radius 2 is 1.93 bits per heavy atom. The van der Waals surface area contributed by atoms with Crippen molar-refractivity contribution < 1.29 is 9.53 Å². The highest BCUT2D eigenvalue weighted by atomic mass is 16.5. The van der Waals surface area contributed by atoms with Crippen LogP contribution in [0.2, 0.25) is 0 Å². The van der Waals surface area contributed by atoms with Gasteiger partial charge in [-0.1, -0.05) is 12.1 Å². The number of aromatic nitrogens is 3. The summed E-state index contributed by atoms with van der Waals surface area (Å²) in [5, 5.41) is 0.492. The molecule has 1 fully saturated rings. The summed E-state index contributed by atoms with van der Waals surface area (Å²) < 4.78 is 6.60. The predicted octanol–water partition coefficient (Wildman–Crippen LogP) is 1.96. The molecule has 8 nitrogen and oxygen atoms in total. The number of H-pyrrole nitrogens is 1. The lowest BCUT2D eigenvalue weighted by Gasteiger charge is -2.32. The summed E-state index contributed by atoms with van der Waals surface area (Å²) in [6.07, 6.45) is 2.59. The van der Waals surface area contributed by atoms with Gasteiger partial charge in [0.25, 0.3) is 11.5 Å². The third kappa shape index (κ3) is 3.65. The fourth-order valence-electron chi connectivity index (χ4n) is 3.76. The first-order chi connectivity index (χ1) is 14.1. The maximum absolute atomic E-state index is 12.8. The van der Waals surface area contributed by atoms with Crippen molar-refractivity contribution in [3.05, 3.63) is 69.0 Å². The zero-order valence-corrected chi connectivity index (χ0v) is 16.1. The number of carbonyl (C=O) groups is 1. The van der Waals surface area contributed by atoms with Gasteiger partial charge in [0.1, 0.15) is 0 Å². The summed E-state index contributed by atoms with van der Waals surface area (Å²) in [7, 11) is 0. The van der Waals surface area contributed by atoms with Crippen molar-refractivity contribution >= 4 is 16.8 Å². The molecule has 0 spiro atoms. The maximum atomic E-state index is 12.8. The number of carbonyl (C=O) groups excluding carboxylic acids is 1. The van der Waals surface area contributed by atoms with E-state index in [-0.39, 0.29) is 17.5 Å². The highest BCUT2D eigenvalue weighted by Gasteiger charge is 2.27. The Balaban J connectivity index is 1.50. The number of fused-ring (bicyclic) bond motifs is 1. The van der Waals surface area contributed by atoms with Gasteiger partial charge in [0.05, 0.1) is 23.1 Å². The van der Waals surface area contributed by atoms with Crippen LogP contribution in [0.4, 0.5) is 0 Å². The molecule has 150 valence electrons. The van der Waals surface area contributed by atoms with Crippen LogP contribution in [0.5, 0.6) is 5.88 Å². The highest BCUT2D eigenvalue weighted by molar-refractivity contribution is 5.94. The molecule has 1 aliphatic rings. The van der Waals surface area contributed by atoms with Crippen molar-refractivity contribution in [3.8, 4) is 5.88 Å². The second-order valence-corrected chi connectivity index (χ2v) is 6.99. The van der Waals surface area contributed by atoms with Crippen LogP contribution in [0, 0.1) is 0 Å². The van der Waals surface area contributed by atoms with Crippen LogP contribution in [0.25, 0.3) is 10.9 Å². The molecule has 1 aliphatic heterocycles. The summed E-state index contributed by atoms with van der Waals surface area (Å²) in [5.41, 5.74) is 0.334. The maximum Gasteiger partial charge on any atom is 0.329 e. The van der Waals surface area contributed by atoms with E-state index in [1.54, 1.807) is 41.3 Å². The molecule has 1 N–H and O–H groups in total. The normalized spacial score (nSPS) is 14.9. The molecule has 0 atom stereocenters. The SMILES string of the molecule is CCOc1ccc(C(=O)N2CCC(n3c(=O)[nH]c4ccccc4c3=O)CC2)cn1. The van der Waals surface area contributed by atoms with Crippen molar-refractivity contribution in [2.75, 3.05) is 19.7 Å². The van der Waals surface area contributed by atoms with E-state index in [9.17, 15) is 14.4 Å². The third-order valence-corrected chi connectivity index (χ3v) is 5.23. The van der Waals surface area contributed by atoms with Crippen LogP contribution in [0.3, 0.4) is 0 Å². The number of ether oxygens (including phenoxy) is 1. The van der Waals surface area contributed by atoms with Gasteiger partial charge in [0.15, 0.2) is 0 Å². The number of nitrogens with zero attached hydrogens (tertiary/aromatic N) is 3. The number of para-hydroxylation sites is 1. The molecule has 0 unspecified atom stereocenters. The summed E-state index contributed by atoms with van der Waals surface area (Å²) >= 11 is 0. The van der Waals surface area contributed by atoms with Crippen molar-refractivity contribution in [2.45, 2.75) is 25.8 Å². The molecule has 1 saturated heterocycles. The van der Waals surface area contributed by atoms with E-state index in [0.717, 1.165) is 0 Å². The number of nitrogens with one attached hydrogen (secondary N) is 1. The quantitative estimate of drug-likeness (QED) is 0.730. The first-order valence-electron chi connectivity index (χ1n) is 9.70. The average Bonchev–Trinajstić information content (AvgIpc) is 2.74. The highest BCUT2D eigenvalue weighted by Crippen LogP contribution is 2.22. The Kier molecular flexibility index (Phi) is 5.16. The molecule has 0 saturated carbocycles. The Labute approximate surface area is 166 Å². The first-order valence-corrected chi connectivity index (χ1v) is 9.70. The Morgan fingerprint density at radius 1 is 1.17 bits per heavy atom. The molecule has 3 aromatic rings. The van der Waals surface area contributed by atoms with Gasteiger partial charge in [0.2, 0.25) is 5.88 Å².